The fourth-order valence-electron chi connectivity index (χ4n) is 3.84. The van der Waals surface area contributed by atoms with Crippen molar-refractivity contribution in [2.24, 2.45) is 0 Å². The Morgan fingerprint density at radius 1 is 0.971 bits per heavy atom. The van der Waals surface area contributed by atoms with Gasteiger partial charge in [-0.1, -0.05) is 17.7 Å². The number of halogens is 2. The summed E-state index contributed by atoms with van der Waals surface area (Å²) >= 11 is 5.93. The van der Waals surface area contributed by atoms with Crippen LogP contribution in [0.25, 0.3) is 33.9 Å². The fraction of sp³-hybridized carbons (Fsp3) is 0. The van der Waals surface area contributed by atoms with Crippen LogP contribution in [0.4, 0.5) is 10.2 Å². The highest BCUT2D eigenvalue weighted by molar-refractivity contribution is 6.30. The molecule has 0 aliphatic heterocycles. The molecule has 0 spiro atoms. The number of hydrogen-bond acceptors (Lipinski definition) is 5. The summed E-state index contributed by atoms with van der Waals surface area (Å²) in [6.07, 6.45) is 6.40. The monoisotopic (exact) mass is 483 g/mol. The number of benzene rings is 1. The third kappa shape index (κ3) is 3.87. The summed E-state index contributed by atoms with van der Waals surface area (Å²) in [7, 11) is 0. The molecule has 6 aromatic rings. The number of fused-ring (bicyclic) bond motifs is 2. The predicted octanol–water partition coefficient (Wildman–Crippen LogP) is 5.15. The van der Waals surface area contributed by atoms with E-state index in [1.54, 1.807) is 28.9 Å². The van der Waals surface area contributed by atoms with Crippen molar-refractivity contribution in [1.29, 1.82) is 0 Å². The highest BCUT2D eigenvalue weighted by Gasteiger charge is 2.18. The van der Waals surface area contributed by atoms with Gasteiger partial charge in [-0.2, -0.15) is 5.10 Å². The molecule has 170 valence electrons. The van der Waals surface area contributed by atoms with E-state index in [0.29, 0.717) is 33.4 Å². The highest BCUT2D eigenvalue weighted by Crippen LogP contribution is 2.32. The maximum absolute atomic E-state index is 13.5. The van der Waals surface area contributed by atoms with Gasteiger partial charge in [0.25, 0.3) is 5.91 Å². The Labute approximate surface area is 202 Å². The second-order valence-electron chi connectivity index (χ2n) is 7.74. The topological polar surface area (TPSA) is 89.5 Å². The first kappa shape index (κ1) is 20.9. The SMILES string of the molecule is O=C(Nc1cn2nc(-c3c(-c4ccc(F)cc4)nc4ccccn34)ccc2n1)c1cncc(Cl)c1. The zero-order chi connectivity index (χ0) is 23.9. The number of aromatic nitrogens is 6. The third-order valence-electron chi connectivity index (χ3n) is 5.42. The van der Waals surface area contributed by atoms with Gasteiger partial charge in [0.15, 0.2) is 11.5 Å². The standard InChI is InChI=1S/C25H15ClFN7O/c26-17-11-16(12-28-13-17)25(35)30-20-14-34-22(29-20)9-8-19(32-34)24-23(15-4-6-18(27)7-5-15)31-21-3-1-2-10-33(21)24/h1-14H,(H,30,35). The Hall–Kier alpha value is -4.63. The summed E-state index contributed by atoms with van der Waals surface area (Å²) in [5.41, 5.74) is 4.41. The van der Waals surface area contributed by atoms with E-state index in [0.717, 1.165) is 16.9 Å². The lowest BCUT2D eigenvalue weighted by Gasteiger charge is -2.05. The van der Waals surface area contributed by atoms with E-state index in [9.17, 15) is 9.18 Å². The van der Waals surface area contributed by atoms with E-state index in [1.165, 1.54) is 30.6 Å². The van der Waals surface area contributed by atoms with Crippen LogP contribution in [0, 0.1) is 5.82 Å². The second-order valence-corrected chi connectivity index (χ2v) is 8.17. The number of nitrogens with one attached hydrogen (secondary N) is 1. The van der Waals surface area contributed by atoms with Gasteiger partial charge in [0.2, 0.25) is 0 Å². The van der Waals surface area contributed by atoms with E-state index in [-0.39, 0.29) is 11.7 Å². The molecular formula is C25H15ClFN7O. The van der Waals surface area contributed by atoms with Gasteiger partial charge in [0.05, 0.1) is 22.5 Å². The van der Waals surface area contributed by atoms with Crippen molar-refractivity contribution in [3.05, 3.63) is 102 Å². The molecule has 5 heterocycles. The van der Waals surface area contributed by atoms with E-state index in [4.69, 9.17) is 21.7 Å². The zero-order valence-electron chi connectivity index (χ0n) is 17.9. The van der Waals surface area contributed by atoms with Gasteiger partial charge in [-0.25, -0.2) is 18.9 Å². The molecular weight excluding hydrogens is 469 g/mol. The number of pyridine rings is 2. The highest BCUT2D eigenvalue weighted by atomic mass is 35.5. The van der Waals surface area contributed by atoms with Crippen molar-refractivity contribution in [2.45, 2.75) is 0 Å². The molecule has 0 aliphatic carbocycles. The average Bonchev–Trinajstić information content (AvgIpc) is 3.44. The van der Waals surface area contributed by atoms with Crippen molar-refractivity contribution in [3.8, 4) is 22.6 Å². The Kier molecular flexibility index (Phi) is 4.97. The molecule has 1 amide bonds. The molecule has 5 aromatic heterocycles. The van der Waals surface area contributed by atoms with Crippen molar-refractivity contribution < 1.29 is 9.18 Å². The molecule has 0 aliphatic rings. The summed E-state index contributed by atoms with van der Waals surface area (Å²) in [4.78, 5) is 25.7. The summed E-state index contributed by atoms with van der Waals surface area (Å²) in [5, 5.41) is 7.82. The molecule has 1 aromatic carbocycles. The Morgan fingerprint density at radius 2 is 1.83 bits per heavy atom. The van der Waals surface area contributed by atoms with Crippen molar-refractivity contribution in [3.63, 3.8) is 0 Å². The Balaban J connectivity index is 1.41. The van der Waals surface area contributed by atoms with Crippen LogP contribution < -0.4 is 5.32 Å². The quantitative estimate of drug-likeness (QED) is 0.374. The molecule has 0 atom stereocenters. The number of imidazole rings is 2. The molecule has 0 bridgehead atoms. The number of anilines is 1. The van der Waals surface area contributed by atoms with Gasteiger partial charge in [0.1, 0.15) is 22.9 Å². The molecule has 0 radical (unpaired) electrons. The molecule has 0 saturated heterocycles. The van der Waals surface area contributed by atoms with Gasteiger partial charge in [-0.15, -0.1) is 0 Å². The molecule has 1 N–H and O–H groups in total. The molecule has 6 rings (SSSR count). The van der Waals surface area contributed by atoms with Crippen molar-refractivity contribution >= 4 is 34.6 Å². The minimum absolute atomic E-state index is 0.317. The van der Waals surface area contributed by atoms with Gasteiger partial charge in [-0.3, -0.25) is 14.2 Å². The number of hydrogen-bond donors (Lipinski definition) is 1. The van der Waals surface area contributed by atoms with E-state index in [2.05, 4.69) is 15.3 Å². The molecule has 8 nitrogen and oxygen atoms in total. The van der Waals surface area contributed by atoms with Crippen LogP contribution in [-0.4, -0.2) is 34.9 Å². The largest absolute Gasteiger partial charge is 0.305 e. The molecule has 0 unspecified atom stereocenters. The smallest absolute Gasteiger partial charge is 0.258 e. The normalized spacial score (nSPS) is 11.3. The van der Waals surface area contributed by atoms with Gasteiger partial charge in [-0.05, 0) is 54.6 Å². The lowest BCUT2D eigenvalue weighted by atomic mass is 10.1. The minimum atomic E-state index is -0.385. The second kappa shape index (κ2) is 8.30. The molecule has 0 fully saturated rings. The lowest BCUT2D eigenvalue weighted by Crippen LogP contribution is -2.12. The first-order chi connectivity index (χ1) is 17.0. The zero-order valence-corrected chi connectivity index (χ0v) is 18.7. The first-order valence-corrected chi connectivity index (χ1v) is 10.9. The maximum Gasteiger partial charge on any atom is 0.258 e. The maximum atomic E-state index is 13.5. The van der Waals surface area contributed by atoms with Crippen LogP contribution in [0.5, 0.6) is 0 Å². The number of amides is 1. The number of carbonyl (C=O) groups is 1. The number of rotatable bonds is 4. The summed E-state index contributed by atoms with van der Waals surface area (Å²) in [6.45, 7) is 0. The van der Waals surface area contributed by atoms with E-state index in [1.807, 2.05) is 34.9 Å². The lowest BCUT2D eigenvalue weighted by molar-refractivity contribution is 0.102. The minimum Gasteiger partial charge on any atom is -0.305 e. The van der Waals surface area contributed by atoms with Crippen LogP contribution in [0.2, 0.25) is 5.02 Å². The van der Waals surface area contributed by atoms with Gasteiger partial charge >= 0.3 is 0 Å². The Morgan fingerprint density at radius 3 is 2.66 bits per heavy atom. The van der Waals surface area contributed by atoms with Crippen molar-refractivity contribution in [2.75, 3.05) is 5.32 Å². The van der Waals surface area contributed by atoms with Crippen LogP contribution in [0.3, 0.4) is 0 Å². The van der Waals surface area contributed by atoms with Crippen LogP contribution in [0.15, 0.2) is 85.5 Å². The first-order valence-electron chi connectivity index (χ1n) is 10.6. The summed E-state index contributed by atoms with van der Waals surface area (Å²) in [5.74, 6) is -0.374. The average molecular weight is 484 g/mol. The van der Waals surface area contributed by atoms with E-state index < -0.39 is 0 Å². The van der Waals surface area contributed by atoms with Gasteiger partial charge in [0, 0.05) is 24.2 Å². The molecule has 35 heavy (non-hydrogen) atoms. The predicted molar refractivity (Wildman–Crippen MR) is 130 cm³/mol. The molecule has 10 heteroatoms. The summed E-state index contributed by atoms with van der Waals surface area (Å²) < 4.78 is 17.0. The van der Waals surface area contributed by atoms with E-state index >= 15 is 0 Å². The van der Waals surface area contributed by atoms with Crippen LogP contribution >= 0.6 is 11.6 Å². The van der Waals surface area contributed by atoms with Crippen LogP contribution in [-0.2, 0) is 0 Å². The number of carbonyl (C=O) groups excluding carboxylic acids is 1. The van der Waals surface area contributed by atoms with Crippen LogP contribution in [0.1, 0.15) is 10.4 Å². The number of nitrogens with zero attached hydrogens (tertiary/aromatic N) is 6. The van der Waals surface area contributed by atoms with Gasteiger partial charge < -0.3 is 5.32 Å². The Bertz CT molecular complexity index is 1730. The fourth-order valence-corrected chi connectivity index (χ4v) is 4.02. The third-order valence-corrected chi connectivity index (χ3v) is 5.63. The van der Waals surface area contributed by atoms with Crippen molar-refractivity contribution in [1.82, 2.24) is 29.0 Å². The summed E-state index contributed by atoms with van der Waals surface area (Å²) in [6, 6.07) is 17.0. The molecule has 0 saturated carbocycles.